The highest BCUT2D eigenvalue weighted by Crippen LogP contribution is 2.33. The van der Waals surface area contributed by atoms with Gasteiger partial charge < -0.3 is 20.3 Å². The second kappa shape index (κ2) is 5.91. The van der Waals surface area contributed by atoms with E-state index in [0.29, 0.717) is 30.8 Å². The van der Waals surface area contributed by atoms with E-state index in [0.717, 1.165) is 5.56 Å². The first-order chi connectivity index (χ1) is 11.0. The Hall–Kier alpha value is -2.57. The first kappa shape index (κ1) is 15.3. The van der Waals surface area contributed by atoms with Crippen LogP contribution in [0.2, 0.25) is 0 Å². The van der Waals surface area contributed by atoms with Gasteiger partial charge in [0.2, 0.25) is 11.8 Å². The molecule has 0 spiro atoms. The standard InChI is InChI=1S/C16H19N3O4/c1-9-16(22)19(2)12-7-10(3-5-13(12)23-9)8-17-15(21)11-4-6-14(20)18-11/h3,5,7,9,11H,4,6,8H2,1-2H3,(H,17,21)(H,18,20). The second-order valence-electron chi connectivity index (χ2n) is 5.84. The molecule has 7 nitrogen and oxygen atoms in total. The smallest absolute Gasteiger partial charge is 0.267 e. The molecule has 0 bridgehead atoms. The zero-order valence-corrected chi connectivity index (χ0v) is 13.1. The third-order valence-corrected chi connectivity index (χ3v) is 4.15. The Kier molecular flexibility index (Phi) is 3.94. The van der Waals surface area contributed by atoms with Crippen LogP contribution in [-0.2, 0) is 20.9 Å². The monoisotopic (exact) mass is 317 g/mol. The largest absolute Gasteiger partial charge is 0.479 e. The molecular formula is C16H19N3O4. The van der Waals surface area contributed by atoms with Gasteiger partial charge in [-0.2, -0.15) is 0 Å². The number of hydrogen-bond acceptors (Lipinski definition) is 4. The van der Waals surface area contributed by atoms with Crippen molar-refractivity contribution in [3.05, 3.63) is 23.8 Å². The van der Waals surface area contributed by atoms with Crippen LogP contribution in [0, 0.1) is 0 Å². The lowest BCUT2D eigenvalue weighted by molar-refractivity contribution is -0.125. The molecule has 23 heavy (non-hydrogen) atoms. The fourth-order valence-corrected chi connectivity index (χ4v) is 2.79. The SMILES string of the molecule is CC1Oc2ccc(CNC(=O)C3CCC(=O)N3)cc2N(C)C1=O. The fourth-order valence-electron chi connectivity index (χ4n) is 2.79. The Morgan fingerprint density at radius 2 is 2.22 bits per heavy atom. The summed E-state index contributed by atoms with van der Waals surface area (Å²) in [5, 5.41) is 5.44. The summed E-state index contributed by atoms with van der Waals surface area (Å²) in [6.45, 7) is 2.04. The lowest BCUT2D eigenvalue weighted by atomic mass is 10.1. The highest BCUT2D eigenvalue weighted by Gasteiger charge is 2.29. The van der Waals surface area contributed by atoms with Crippen molar-refractivity contribution >= 4 is 23.4 Å². The number of rotatable bonds is 3. The molecule has 1 saturated heterocycles. The topological polar surface area (TPSA) is 87.7 Å². The third-order valence-electron chi connectivity index (χ3n) is 4.15. The molecular weight excluding hydrogens is 298 g/mol. The lowest BCUT2D eigenvalue weighted by Gasteiger charge is -2.30. The highest BCUT2D eigenvalue weighted by atomic mass is 16.5. The number of likely N-dealkylation sites (N-methyl/N-ethyl adjacent to an activating group) is 1. The summed E-state index contributed by atoms with van der Waals surface area (Å²) >= 11 is 0. The molecule has 1 aromatic carbocycles. The van der Waals surface area contributed by atoms with Gasteiger partial charge in [-0.15, -0.1) is 0 Å². The molecule has 7 heteroatoms. The van der Waals surface area contributed by atoms with Gasteiger partial charge in [0.1, 0.15) is 11.8 Å². The van der Waals surface area contributed by atoms with Crippen LogP contribution < -0.4 is 20.3 Å². The van der Waals surface area contributed by atoms with Crippen LogP contribution in [0.15, 0.2) is 18.2 Å². The number of carbonyl (C=O) groups excluding carboxylic acids is 3. The average molecular weight is 317 g/mol. The number of hydrogen-bond donors (Lipinski definition) is 2. The van der Waals surface area contributed by atoms with Crippen LogP contribution in [0.25, 0.3) is 0 Å². The average Bonchev–Trinajstić information content (AvgIpc) is 2.97. The summed E-state index contributed by atoms with van der Waals surface area (Å²) in [4.78, 5) is 36.7. The van der Waals surface area contributed by atoms with Gasteiger partial charge in [-0.3, -0.25) is 14.4 Å². The number of anilines is 1. The summed E-state index contributed by atoms with van der Waals surface area (Å²) < 4.78 is 5.56. The van der Waals surface area contributed by atoms with Crippen LogP contribution in [0.5, 0.6) is 5.75 Å². The van der Waals surface area contributed by atoms with Crippen LogP contribution in [0.4, 0.5) is 5.69 Å². The minimum Gasteiger partial charge on any atom is -0.479 e. The molecule has 2 atom stereocenters. The van der Waals surface area contributed by atoms with E-state index in [-0.39, 0.29) is 17.7 Å². The van der Waals surface area contributed by atoms with Gasteiger partial charge in [-0.05, 0) is 31.0 Å². The first-order valence-corrected chi connectivity index (χ1v) is 7.60. The second-order valence-corrected chi connectivity index (χ2v) is 5.84. The summed E-state index contributed by atoms with van der Waals surface area (Å²) in [6, 6.07) is 5.02. The van der Waals surface area contributed by atoms with Crippen molar-refractivity contribution in [2.75, 3.05) is 11.9 Å². The Labute approximate surface area is 134 Å². The predicted molar refractivity (Wildman–Crippen MR) is 83.0 cm³/mol. The van der Waals surface area contributed by atoms with Gasteiger partial charge >= 0.3 is 0 Å². The van der Waals surface area contributed by atoms with Crippen molar-refractivity contribution in [3.63, 3.8) is 0 Å². The zero-order chi connectivity index (χ0) is 16.6. The molecule has 1 aromatic rings. The van der Waals surface area contributed by atoms with E-state index in [4.69, 9.17) is 4.74 Å². The van der Waals surface area contributed by atoms with E-state index in [1.807, 2.05) is 12.1 Å². The molecule has 0 radical (unpaired) electrons. The molecule has 0 saturated carbocycles. The van der Waals surface area contributed by atoms with Crippen LogP contribution in [-0.4, -0.2) is 36.9 Å². The molecule has 2 heterocycles. The molecule has 2 unspecified atom stereocenters. The van der Waals surface area contributed by atoms with E-state index in [1.54, 1.807) is 24.9 Å². The number of ether oxygens (including phenoxy) is 1. The van der Waals surface area contributed by atoms with E-state index < -0.39 is 12.1 Å². The van der Waals surface area contributed by atoms with Gasteiger partial charge in [0.25, 0.3) is 5.91 Å². The number of nitrogens with zero attached hydrogens (tertiary/aromatic N) is 1. The summed E-state index contributed by atoms with van der Waals surface area (Å²) in [6.07, 6.45) is 0.418. The maximum Gasteiger partial charge on any atom is 0.267 e. The van der Waals surface area contributed by atoms with Crippen molar-refractivity contribution in [3.8, 4) is 5.75 Å². The Morgan fingerprint density at radius 1 is 1.43 bits per heavy atom. The molecule has 3 rings (SSSR count). The zero-order valence-electron chi connectivity index (χ0n) is 13.1. The summed E-state index contributed by atoms with van der Waals surface area (Å²) in [5.74, 6) is 0.262. The Bertz CT molecular complexity index is 673. The fraction of sp³-hybridized carbons (Fsp3) is 0.438. The normalized spacial score (nSPS) is 23.1. The number of nitrogens with one attached hydrogen (secondary N) is 2. The first-order valence-electron chi connectivity index (χ1n) is 7.60. The van der Waals surface area contributed by atoms with Crippen molar-refractivity contribution < 1.29 is 19.1 Å². The van der Waals surface area contributed by atoms with E-state index in [2.05, 4.69) is 10.6 Å². The Balaban J connectivity index is 1.67. The lowest BCUT2D eigenvalue weighted by Crippen LogP contribution is -2.42. The van der Waals surface area contributed by atoms with Crippen LogP contribution >= 0.6 is 0 Å². The molecule has 2 N–H and O–H groups in total. The third kappa shape index (κ3) is 2.99. The molecule has 0 aromatic heterocycles. The summed E-state index contributed by atoms with van der Waals surface area (Å²) in [7, 11) is 1.70. The van der Waals surface area contributed by atoms with Crippen molar-refractivity contribution in [2.24, 2.45) is 0 Å². The van der Waals surface area contributed by atoms with Crippen molar-refractivity contribution in [1.29, 1.82) is 0 Å². The van der Waals surface area contributed by atoms with E-state index >= 15 is 0 Å². The quantitative estimate of drug-likeness (QED) is 0.841. The molecule has 122 valence electrons. The molecule has 2 aliphatic rings. The number of fused-ring (bicyclic) bond motifs is 1. The van der Waals surface area contributed by atoms with Gasteiger partial charge in [0, 0.05) is 20.0 Å². The number of benzene rings is 1. The van der Waals surface area contributed by atoms with Gasteiger partial charge in [0.15, 0.2) is 6.10 Å². The maximum atomic E-state index is 12.0. The van der Waals surface area contributed by atoms with Crippen molar-refractivity contribution in [1.82, 2.24) is 10.6 Å². The molecule has 1 fully saturated rings. The minimum absolute atomic E-state index is 0.0923. The van der Waals surface area contributed by atoms with Crippen LogP contribution in [0.3, 0.4) is 0 Å². The van der Waals surface area contributed by atoms with Gasteiger partial charge in [-0.1, -0.05) is 6.07 Å². The van der Waals surface area contributed by atoms with Gasteiger partial charge in [-0.25, -0.2) is 0 Å². The molecule has 2 aliphatic heterocycles. The predicted octanol–water partition coefficient (Wildman–Crippen LogP) is 0.325. The maximum absolute atomic E-state index is 12.0. The van der Waals surface area contributed by atoms with Gasteiger partial charge in [0.05, 0.1) is 5.69 Å². The molecule has 3 amide bonds. The van der Waals surface area contributed by atoms with Crippen LogP contribution in [0.1, 0.15) is 25.3 Å². The number of amides is 3. The minimum atomic E-state index is -0.496. The summed E-state index contributed by atoms with van der Waals surface area (Å²) in [5.41, 5.74) is 1.55. The highest BCUT2D eigenvalue weighted by molar-refractivity contribution is 5.99. The number of carbonyl (C=O) groups is 3. The van der Waals surface area contributed by atoms with E-state index in [9.17, 15) is 14.4 Å². The Morgan fingerprint density at radius 3 is 2.91 bits per heavy atom. The molecule has 0 aliphatic carbocycles. The van der Waals surface area contributed by atoms with E-state index in [1.165, 1.54) is 0 Å². The van der Waals surface area contributed by atoms with Crippen molar-refractivity contribution in [2.45, 2.75) is 38.5 Å².